The van der Waals surface area contributed by atoms with Gasteiger partial charge in [0, 0.05) is 21.2 Å². The Kier molecular flexibility index (Phi) is 4.61. The summed E-state index contributed by atoms with van der Waals surface area (Å²) in [7, 11) is 0. The molecular formula is C33H23NS. The number of aryl methyl sites for hydroxylation is 1. The van der Waals surface area contributed by atoms with Gasteiger partial charge in [-0.2, -0.15) is 0 Å². The molecule has 1 nitrogen and oxygen atoms in total. The average molecular weight is 466 g/mol. The minimum absolute atomic E-state index is 1.10. The number of anilines is 2. The first kappa shape index (κ1) is 20.3. The van der Waals surface area contributed by atoms with Gasteiger partial charge in [-0.25, -0.2) is 0 Å². The lowest BCUT2D eigenvalue weighted by molar-refractivity contribution is 1.58. The predicted molar refractivity (Wildman–Crippen MR) is 154 cm³/mol. The zero-order valence-corrected chi connectivity index (χ0v) is 20.2. The van der Waals surface area contributed by atoms with E-state index in [-0.39, 0.29) is 0 Å². The summed E-state index contributed by atoms with van der Waals surface area (Å²) in [5, 5.41) is 11.6. The molecule has 6 aromatic carbocycles. The standard InChI is InChI=1S/C33H23NS/c1-21-20-24-9-3-5-12-28(24)31-29-14-7-15-30(33(29)35-32(21)31)34-25-18-16-23(17-19-25)27-13-6-10-22-8-2-4-11-26(22)27/h2-20,34H,1H3. The molecule has 0 saturated heterocycles. The van der Waals surface area contributed by atoms with E-state index in [0.29, 0.717) is 0 Å². The molecule has 7 rings (SSSR count). The topological polar surface area (TPSA) is 12.0 Å². The van der Waals surface area contributed by atoms with Crippen molar-refractivity contribution in [1.29, 1.82) is 0 Å². The van der Waals surface area contributed by atoms with Crippen LogP contribution in [-0.2, 0) is 0 Å². The van der Waals surface area contributed by atoms with E-state index < -0.39 is 0 Å². The van der Waals surface area contributed by atoms with Gasteiger partial charge in [-0.1, -0.05) is 91.0 Å². The Balaban J connectivity index is 1.31. The molecular weight excluding hydrogens is 442 g/mol. The molecule has 1 aromatic heterocycles. The molecule has 0 aliphatic carbocycles. The lowest BCUT2D eigenvalue weighted by Crippen LogP contribution is -1.90. The van der Waals surface area contributed by atoms with Crippen LogP contribution in [0.25, 0.3) is 52.8 Å². The minimum Gasteiger partial charge on any atom is -0.354 e. The van der Waals surface area contributed by atoms with Crippen molar-refractivity contribution >= 4 is 64.4 Å². The first-order chi connectivity index (χ1) is 17.3. The number of rotatable bonds is 3. The van der Waals surface area contributed by atoms with Crippen LogP contribution < -0.4 is 5.32 Å². The molecule has 0 aliphatic rings. The van der Waals surface area contributed by atoms with Gasteiger partial charge in [-0.15, -0.1) is 11.3 Å². The second-order valence-electron chi connectivity index (χ2n) is 9.13. The van der Waals surface area contributed by atoms with Gasteiger partial charge >= 0.3 is 0 Å². The first-order valence-electron chi connectivity index (χ1n) is 11.9. The zero-order valence-electron chi connectivity index (χ0n) is 19.4. The Morgan fingerprint density at radius 2 is 1.26 bits per heavy atom. The maximum absolute atomic E-state index is 3.70. The Morgan fingerprint density at radius 3 is 2.11 bits per heavy atom. The van der Waals surface area contributed by atoms with Crippen LogP contribution in [-0.4, -0.2) is 0 Å². The second-order valence-corrected chi connectivity index (χ2v) is 10.2. The van der Waals surface area contributed by atoms with Crippen molar-refractivity contribution in [2.75, 3.05) is 5.32 Å². The highest BCUT2D eigenvalue weighted by atomic mass is 32.1. The largest absolute Gasteiger partial charge is 0.354 e. The van der Waals surface area contributed by atoms with Crippen LogP contribution in [0.4, 0.5) is 11.4 Å². The van der Waals surface area contributed by atoms with Gasteiger partial charge < -0.3 is 5.32 Å². The van der Waals surface area contributed by atoms with Crippen molar-refractivity contribution in [3.63, 3.8) is 0 Å². The van der Waals surface area contributed by atoms with E-state index in [1.807, 2.05) is 11.3 Å². The molecule has 0 unspecified atom stereocenters. The van der Waals surface area contributed by atoms with Gasteiger partial charge in [0.2, 0.25) is 0 Å². The maximum Gasteiger partial charge on any atom is 0.0590 e. The highest BCUT2D eigenvalue weighted by Gasteiger charge is 2.14. The fourth-order valence-corrected chi connectivity index (χ4v) is 6.53. The van der Waals surface area contributed by atoms with Crippen molar-refractivity contribution < 1.29 is 0 Å². The molecule has 0 saturated carbocycles. The second kappa shape index (κ2) is 7.97. The van der Waals surface area contributed by atoms with E-state index in [2.05, 4.69) is 128 Å². The molecule has 0 atom stereocenters. The Labute approximate surface area is 208 Å². The maximum atomic E-state index is 3.70. The van der Waals surface area contributed by atoms with Crippen molar-refractivity contribution in [3.05, 3.63) is 121 Å². The summed E-state index contributed by atoms with van der Waals surface area (Å²) in [6.07, 6.45) is 0. The molecule has 0 spiro atoms. The van der Waals surface area contributed by atoms with Crippen LogP contribution in [0.15, 0.2) is 115 Å². The van der Waals surface area contributed by atoms with Crippen molar-refractivity contribution in [2.45, 2.75) is 6.92 Å². The monoisotopic (exact) mass is 465 g/mol. The molecule has 0 fully saturated rings. The predicted octanol–water partition coefficient (Wildman–Crippen LogP) is 10.1. The van der Waals surface area contributed by atoms with E-state index in [4.69, 9.17) is 0 Å². The van der Waals surface area contributed by atoms with Crippen LogP contribution in [0.2, 0.25) is 0 Å². The molecule has 7 aromatic rings. The lowest BCUT2D eigenvalue weighted by atomic mass is 9.98. The molecule has 1 heterocycles. The fourth-order valence-electron chi connectivity index (χ4n) is 5.28. The molecule has 0 radical (unpaired) electrons. The van der Waals surface area contributed by atoms with Gasteiger partial charge in [-0.05, 0) is 69.4 Å². The summed E-state index contributed by atoms with van der Waals surface area (Å²) in [5.74, 6) is 0. The van der Waals surface area contributed by atoms with Crippen LogP contribution in [0.1, 0.15) is 5.56 Å². The number of hydrogen-bond donors (Lipinski definition) is 1. The van der Waals surface area contributed by atoms with Gasteiger partial charge in [-0.3, -0.25) is 0 Å². The smallest absolute Gasteiger partial charge is 0.0590 e. The van der Waals surface area contributed by atoms with E-state index in [1.165, 1.54) is 58.4 Å². The minimum atomic E-state index is 1.10. The van der Waals surface area contributed by atoms with Crippen molar-refractivity contribution in [1.82, 2.24) is 0 Å². The number of thiophene rings is 1. The number of benzene rings is 6. The Morgan fingerprint density at radius 1 is 0.571 bits per heavy atom. The first-order valence-corrected chi connectivity index (χ1v) is 12.8. The third-order valence-electron chi connectivity index (χ3n) is 6.94. The summed E-state index contributed by atoms with van der Waals surface area (Å²) in [6, 6.07) is 41.5. The fraction of sp³-hybridized carbons (Fsp3) is 0.0303. The van der Waals surface area contributed by atoms with Crippen molar-refractivity contribution in [2.24, 2.45) is 0 Å². The zero-order chi connectivity index (χ0) is 23.4. The molecule has 2 heteroatoms. The van der Waals surface area contributed by atoms with Crippen LogP contribution >= 0.6 is 11.3 Å². The van der Waals surface area contributed by atoms with Gasteiger partial charge in [0.15, 0.2) is 0 Å². The average Bonchev–Trinajstić information content (AvgIpc) is 3.31. The molecule has 166 valence electrons. The lowest BCUT2D eigenvalue weighted by Gasteiger charge is -2.10. The van der Waals surface area contributed by atoms with Crippen LogP contribution in [0.3, 0.4) is 0 Å². The highest BCUT2D eigenvalue weighted by molar-refractivity contribution is 7.26. The van der Waals surface area contributed by atoms with E-state index in [1.54, 1.807) is 0 Å². The van der Waals surface area contributed by atoms with Crippen molar-refractivity contribution in [3.8, 4) is 11.1 Å². The normalized spacial score (nSPS) is 11.6. The quantitative estimate of drug-likeness (QED) is 0.274. The molecule has 1 N–H and O–H groups in total. The third kappa shape index (κ3) is 3.30. The third-order valence-corrected chi connectivity index (χ3v) is 8.31. The number of nitrogens with one attached hydrogen (secondary N) is 1. The highest BCUT2D eigenvalue weighted by Crippen LogP contribution is 2.43. The molecule has 0 amide bonds. The van der Waals surface area contributed by atoms with Gasteiger partial charge in [0.25, 0.3) is 0 Å². The number of hydrogen-bond acceptors (Lipinski definition) is 2. The number of fused-ring (bicyclic) bond motifs is 6. The van der Waals surface area contributed by atoms with Gasteiger partial charge in [0.1, 0.15) is 0 Å². The Bertz CT molecular complexity index is 1870. The summed E-state index contributed by atoms with van der Waals surface area (Å²) < 4.78 is 2.68. The van der Waals surface area contributed by atoms with E-state index in [9.17, 15) is 0 Å². The molecule has 0 bridgehead atoms. The van der Waals surface area contributed by atoms with Crippen LogP contribution in [0, 0.1) is 6.92 Å². The summed E-state index contributed by atoms with van der Waals surface area (Å²) in [5.41, 5.74) is 6.09. The summed E-state index contributed by atoms with van der Waals surface area (Å²) in [4.78, 5) is 0. The van der Waals surface area contributed by atoms with Gasteiger partial charge in [0.05, 0.1) is 10.4 Å². The van der Waals surface area contributed by atoms with Crippen LogP contribution in [0.5, 0.6) is 0 Å². The van der Waals surface area contributed by atoms with E-state index in [0.717, 1.165) is 11.4 Å². The van der Waals surface area contributed by atoms with E-state index >= 15 is 0 Å². The Hall–Kier alpha value is -4.14. The molecule has 35 heavy (non-hydrogen) atoms. The summed E-state index contributed by atoms with van der Waals surface area (Å²) >= 11 is 1.89. The summed E-state index contributed by atoms with van der Waals surface area (Å²) in [6.45, 7) is 2.23. The molecule has 0 aliphatic heterocycles. The SMILES string of the molecule is Cc1cc2ccccc2c2c1sc1c(Nc3ccc(-c4cccc5ccccc45)cc3)cccc12.